The largest absolute Gasteiger partial charge is 0.469 e. The molecule has 1 aromatic carbocycles. The van der Waals surface area contributed by atoms with Gasteiger partial charge in [0.1, 0.15) is 5.69 Å². The summed E-state index contributed by atoms with van der Waals surface area (Å²) >= 11 is 0. The first kappa shape index (κ1) is 16.2. The summed E-state index contributed by atoms with van der Waals surface area (Å²) in [5.41, 5.74) is 2.82. The summed E-state index contributed by atoms with van der Waals surface area (Å²) in [5.74, 6) is -0.0692. The van der Waals surface area contributed by atoms with Crippen molar-refractivity contribution in [1.82, 2.24) is 9.88 Å². The molecule has 3 heterocycles. The quantitative estimate of drug-likeness (QED) is 0.861. The summed E-state index contributed by atoms with van der Waals surface area (Å²) < 4.78 is 4.86. The first-order valence-corrected chi connectivity index (χ1v) is 9.09. The number of carbonyl (C=O) groups is 2. The highest BCUT2D eigenvalue weighted by Crippen LogP contribution is 2.56. The van der Waals surface area contributed by atoms with Gasteiger partial charge >= 0.3 is 5.97 Å². The first-order valence-electron chi connectivity index (χ1n) is 9.09. The Morgan fingerprint density at radius 3 is 2.96 bits per heavy atom. The molecule has 1 amide bonds. The van der Waals surface area contributed by atoms with Gasteiger partial charge in [0.05, 0.1) is 13.2 Å². The molecule has 25 heavy (non-hydrogen) atoms. The van der Waals surface area contributed by atoms with Crippen molar-refractivity contribution in [2.45, 2.75) is 45.1 Å². The number of methoxy groups -OCH3 is 1. The highest BCUT2D eigenvalue weighted by Gasteiger charge is 2.52. The van der Waals surface area contributed by atoms with Crippen LogP contribution in [-0.2, 0) is 9.53 Å². The van der Waals surface area contributed by atoms with Crippen molar-refractivity contribution in [2.75, 3.05) is 13.7 Å². The number of hydrogen-bond acceptors (Lipinski definition) is 3. The number of H-pyrrole nitrogens is 1. The zero-order valence-electron chi connectivity index (χ0n) is 14.8. The van der Waals surface area contributed by atoms with E-state index in [9.17, 15) is 9.59 Å². The molecule has 1 fully saturated rings. The van der Waals surface area contributed by atoms with Gasteiger partial charge in [0, 0.05) is 29.4 Å². The molecule has 0 bridgehead atoms. The van der Waals surface area contributed by atoms with Crippen LogP contribution in [0.2, 0.25) is 0 Å². The maximum Gasteiger partial charge on any atom is 0.305 e. The van der Waals surface area contributed by atoms with Crippen LogP contribution >= 0.6 is 0 Å². The van der Waals surface area contributed by atoms with Crippen molar-refractivity contribution < 1.29 is 14.3 Å². The predicted octanol–water partition coefficient (Wildman–Crippen LogP) is 3.81. The van der Waals surface area contributed by atoms with Crippen LogP contribution in [0.3, 0.4) is 0 Å². The van der Waals surface area contributed by atoms with Crippen LogP contribution in [0.15, 0.2) is 24.3 Å². The Bertz CT molecular complexity index is 841. The average molecular weight is 340 g/mol. The molecule has 2 aromatic rings. The smallest absolute Gasteiger partial charge is 0.305 e. The summed E-state index contributed by atoms with van der Waals surface area (Å²) in [7, 11) is 1.44. The summed E-state index contributed by atoms with van der Waals surface area (Å²) in [5, 5.41) is 1.14. The van der Waals surface area contributed by atoms with Gasteiger partial charge in [-0.05, 0) is 37.2 Å². The van der Waals surface area contributed by atoms with Crippen LogP contribution in [0.4, 0.5) is 0 Å². The number of fused-ring (bicyclic) bond motifs is 5. The van der Waals surface area contributed by atoms with E-state index in [-0.39, 0.29) is 23.3 Å². The molecule has 5 nitrogen and oxygen atoms in total. The number of para-hydroxylation sites is 1. The van der Waals surface area contributed by atoms with Crippen molar-refractivity contribution in [1.29, 1.82) is 0 Å². The standard InChI is InChI=1S/C20H24N2O3/c1-3-20(11-9-15(23)25-2)10-6-12-22-18(20)16-13-7-4-5-8-14(13)21-17(16)19(22)24/h4-5,7-8,18,21H,3,6,9-12H2,1-2H3. The number of hydrogen-bond donors (Lipinski definition) is 1. The fourth-order valence-electron chi connectivity index (χ4n) is 4.90. The topological polar surface area (TPSA) is 62.4 Å². The van der Waals surface area contributed by atoms with Gasteiger partial charge in [-0.3, -0.25) is 9.59 Å². The molecule has 1 N–H and O–H groups in total. The fourth-order valence-corrected chi connectivity index (χ4v) is 4.90. The van der Waals surface area contributed by atoms with Crippen molar-refractivity contribution in [3.8, 4) is 0 Å². The molecule has 2 aliphatic rings. The molecular weight excluding hydrogens is 316 g/mol. The van der Waals surface area contributed by atoms with Gasteiger partial charge in [0.25, 0.3) is 5.91 Å². The number of esters is 1. The van der Waals surface area contributed by atoms with Gasteiger partial charge in [0.15, 0.2) is 0 Å². The first-order chi connectivity index (χ1) is 12.1. The van der Waals surface area contributed by atoms with E-state index >= 15 is 0 Å². The number of aromatic nitrogens is 1. The van der Waals surface area contributed by atoms with Crippen LogP contribution in [0.1, 0.15) is 61.1 Å². The lowest BCUT2D eigenvalue weighted by molar-refractivity contribution is -0.141. The number of amides is 1. The summed E-state index contributed by atoms with van der Waals surface area (Å²) in [6.45, 7) is 2.97. The van der Waals surface area contributed by atoms with Gasteiger partial charge in [0.2, 0.25) is 0 Å². The third-order valence-corrected chi connectivity index (χ3v) is 6.22. The minimum absolute atomic E-state index is 0.0505. The van der Waals surface area contributed by atoms with E-state index in [1.807, 2.05) is 23.1 Å². The third kappa shape index (κ3) is 2.29. The Morgan fingerprint density at radius 2 is 2.20 bits per heavy atom. The van der Waals surface area contributed by atoms with E-state index in [1.165, 1.54) is 7.11 Å². The van der Waals surface area contributed by atoms with Crippen LogP contribution in [0, 0.1) is 5.41 Å². The number of nitrogens with one attached hydrogen (secondary N) is 1. The number of rotatable bonds is 4. The zero-order valence-corrected chi connectivity index (χ0v) is 14.8. The van der Waals surface area contributed by atoms with Crippen LogP contribution in [0.25, 0.3) is 10.9 Å². The Labute approximate surface area is 147 Å². The second-order valence-electron chi connectivity index (χ2n) is 7.26. The maximum absolute atomic E-state index is 13.0. The van der Waals surface area contributed by atoms with Gasteiger partial charge in [-0.15, -0.1) is 0 Å². The molecule has 2 aliphatic heterocycles. The molecule has 1 aromatic heterocycles. The molecule has 2 unspecified atom stereocenters. The third-order valence-electron chi connectivity index (χ3n) is 6.22. The molecule has 1 saturated heterocycles. The highest BCUT2D eigenvalue weighted by molar-refractivity contribution is 6.05. The molecule has 0 aliphatic carbocycles. The van der Waals surface area contributed by atoms with Gasteiger partial charge in [-0.25, -0.2) is 0 Å². The second-order valence-corrected chi connectivity index (χ2v) is 7.26. The van der Waals surface area contributed by atoms with E-state index in [1.54, 1.807) is 0 Å². The van der Waals surface area contributed by atoms with E-state index in [2.05, 4.69) is 18.0 Å². The lowest BCUT2D eigenvalue weighted by Crippen LogP contribution is -2.45. The van der Waals surface area contributed by atoms with Crippen molar-refractivity contribution >= 4 is 22.8 Å². The van der Waals surface area contributed by atoms with E-state index in [0.29, 0.717) is 6.42 Å². The number of ether oxygens (including phenoxy) is 1. The van der Waals surface area contributed by atoms with Gasteiger partial charge in [-0.2, -0.15) is 0 Å². The Balaban J connectivity index is 1.82. The number of carbonyl (C=O) groups excluding carboxylic acids is 2. The van der Waals surface area contributed by atoms with E-state index in [4.69, 9.17) is 4.74 Å². The lowest BCUT2D eigenvalue weighted by atomic mass is 9.67. The Hall–Kier alpha value is -2.30. The van der Waals surface area contributed by atoms with Gasteiger partial charge in [-0.1, -0.05) is 25.1 Å². The monoisotopic (exact) mass is 340 g/mol. The SMILES string of the molecule is CCC1(CCC(=O)OC)CCCN2C(=O)c3[nH]c4ccccc4c3C21. The van der Waals surface area contributed by atoms with Crippen LogP contribution < -0.4 is 0 Å². The van der Waals surface area contributed by atoms with Crippen molar-refractivity contribution in [3.63, 3.8) is 0 Å². The summed E-state index contributed by atoms with van der Waals surface area (Å²) in [6.07, 6.45) is 4.12. The minimum Gasteiger partial charge on any atom is -0.469 e. The minimum atomic E-state index is -0.173. The number of piperidine rings is 1. The van der Waals surface area contributed by atoms with Crippen molar-refractivity contribution in [3.05, 3.63) is 35.5 Å². The van der Waals surface area contributed by atoms with Crippen molar-refractivity contribution in [2.24, 2.45) is 5.41 Å². The van der Waals surface area contributed by atoms with Crippen LogP contribution in [0.5, 0.6) is 0 Å². The maximum atomic E-state index is 13.0. The molecule has 0 radical (unpaired) electrons. The molecule has 0 spiro atoms. The Morgan fingerprint density at radius 1 is 1.40 bits per heavy atom. The van der Waals surface area contributed by atoms with Crippen LogP contribution in [-0.4, -0.2) is 35.4 Å². The summed E-state index contributed by atoms with van der Waals surface area (Å²) in [4.78, 5) is 30.1. The summed E-state index contributed by atoms with van der Waals surface area (Å²) in [6, 6.07) is 8.18. The Kier molecular flexibility index (Phi) is 3.82. The highest BCUT2D eigenvalue weighted by atomic mass is 16.5. The lowest BCUT2D eigenvalue weighted by Gasteiger charge is -2.47. The molecule has 4 rings (SSSR count). The molecule has 132 valence electrons. The average Bonchev–Trinajstić information content (AvgIpc) is 3.16. The predicted molar refractivity (Wildman–Crippen MR) is 95.3 cm³/mol. The van der Waals surface area contributed by atoms with E-state index < -0.39 is 0 Å². The normalized spacial score (nSPS) is 25.1. The second kappa shape index (κ2) is 5.90. The zero-order chi connectivity index (χ0) is 17.6. The number of benzene rings is 1. The molecule has 5 heteroatoms. The van der Waals surface area contributed by atoms with Gasteiger partial charge < -0.3 is 14.6 Å². The number of aromatic amines is 1. The number of nitrogens with zero attached hydrogens (tertiary/aromatic N) is 1. The fraction of sp³-hybridized carbons (Fsp3) is 0.500. The van der Waals surface area contributed by atoms with E-state index in [0.717, 1.165) is 54.4 Å². The molecular formula is C20H24N2O3. The molecule has 0 saturated carbocycles. The molecule has 2 atom stereocenters.